The summed E-state index contributed by atoms with van der Waals surface area (Å²) in [5, 5.41) is 6.23. The summed E-state index contributed by atoms with van der Waals surface area (Å²) in [6, 6.07) is 17.2. The molecule has 312 valence electrons. The molecule has 0 aliphatic carbocycles. The van der Waals surface area contributed by atoms with E-state index in [1.165, 1.54) is 0 Å². The number of nitrogens with zero attached hydrogens (tertiary/aromatic N) is 4. The smallest absolute Gasteiger partial charge is 0.264 e. The number of ketones is 1. The molecule has 0 aliphatic rings. The number of hydrogen-bond acceptors (Lipinski definition) is 12. The molecule has 0 unspecified atom stereocenters. The predicted molar refractivity (Wildman–Crippen MR) is 227 cm³/mol. The molecule has 0 saturated carbocycles. The topological polar surface area (TPSA) is 206 Å². The molecule has 4 aromatic carbocycles. The SMILES string of the molecule is CCCOCCOCCNC(=O)c1ccc2c(c1)nc1c3ccc4c(=O)n5c6ccc(C(=O)CCCOCCOCCCS(=O)(=O)O)cc6nc5c5ccc(c(=O)n21)c3c45. The van der Waals surface area contributed by atoms with Crippen LogP contribution < -0.4 is 16.4 Å². The van der Waals surface area contributed by atoms with Gasteiger partial charge in [-0.1, -0.05) is 6.92 Å². The van der Waals surface area contributed by atoms with Crippen molar-refractivity contribution in [3.05, 3.63) is 92.5 Å². The summed E-state index contributed by atoms with van der Waals surface area (Å²) in [7, 11) is -4.01. The lowest BCUT2D eigenvalue weighted by Gasteiger charge is -2.12. The molecule has 0 atom stereocenters. The van der Waals surface area contributed by atoms with Crippen LogP contribution in [-0.4, -0.2) is 109 Å². The van der Waals surface area contributed by atoms with Crippen molar-refractivity contribution in [1.29, 1.82) is 0 Å². The molecule has 8 aromatic rings. The normalized spacial score (nSPS) is 12.4. The number of rotatable bonds is 21. The number of benzene rings is 4. The van der Waals surface area contributed by atoms with E-state index in [1.54, 1.807) is 69.5 Å². The molecule has 0 spiro atoms. The number of imidazole rings is 2. The van der Waals surface area contributed by atoms with Gasteiger partial charge >= 0.3 is 0 Å². The largest absolute Gasteiger partial charge is 0.379 e. The summed E-state index contributed by atoms with van der Waals surface area (Å²) >= 11 is 0. The second-order valence-corrected chi connectivity index (χ2v) is 16.1. The maximum atomic E-state index is 14.2. The molecule has 8 rings (SSSR count). The van der Waals surface area contributed by atoms with Gasteiger partial charge in [-0.2, -0.15) is 8.42 Å². The Morgan fingerprint density at radius 2 is 1.15 bits per heavy atom. The first-order valence-corrected chi connectivity index (χ1v) is 21.5. The lowest BCUT2D eigenvalue weighted by atomic mass is 9.96. The van der Waals surface area contributed by atoms with Crippen LogP contribution in [0.4, 0.5) is 0 Å². The number of pyridine rings is 2. The Kier molecular flexibility index (Phi) is 12.0. The lowest BCUT2D eigenvalue weighted by Crippen LogP contribution is -2.27. The van der Waals surface area contributed by atoms with Gasteiger partial charge in [0.2, 0.25) is 0 Å². The molecule has 0 aliphatic heterocycles. The fraction of sp³-hybridized carbons (Fsp3) is 0.349. The van der Waals surface area contributed by atoms with E-state index in [4.69, 9.17) is 33.5 Å². The van der Waals surface area contributed by atoms with E-state index in [1.807, 2.05) is 6.92 Å². The monoisotopic (exact) mass is 837 g/mol. The molecular weight excluding hydrogens is 795 g/mol. The first-order chi connectivity index (χ1) is 29.1. The summed E-state index contributed by atoms with van der Waals surface area (Å²) in [5.41, 5.74) is 3.10. The van der Waals surface area contributed by atoms with Gasteiger partial charge in [0, 0.05) is 76.2 Å². The highest BCUT2D eigenvalue weighted by Crippen LogP contribution is 2.37. The van der Waals surface area contributed by atoms with Crippen molar-refractivity contribution in [2.24, 2.45) is 0 Å². The van der Waals surface area contributed by atoms with Crippen LogP contribution in [0.2, 0.25) is 0 Å². The van der Waals surface area contributed by atoms with Crippen LogP contribution in [0, 0.1) is 0 Å². The molecule has 4 aromatic heterocycles. The molecule has 4 heterocycles. The van der Waals surface area contributed by atoms with Gasteiger partial charge in [-0.05, 0) is 79.9 Å². The molecule has 2 N–H and O–H groups in total. The number of fused-ring (bicyclic) bond motifs is 8. The van der Waals surface area contributed by atoms with Crippen LogP contribution in [0.1, 0.15) is 53.3 Å². The Balaban J connectivity index is 1.02. The first-order valence-electron chi connectivity index (χ1n) is 19.9. The average molecular weight is 838 g/mol. The van der Waals surface area contributed by atoms with Crippen LogP contribution >= 0.6 is 0 Å². The van der Waals surface area contributed by atoms with Crippen molar-refractivity contribution in [2.75, 3.05) is 65.2 Å². The Hall–Kier alpha value is -5.69. The number of aromatic nitrogens is 4. The van der Waals surface area contributed by atoms with Crippen molar-refractivity contribution in [2.45, 2.75) is 32.6 Å². The number of nitrogens with one attached hydrogen (secondary N) is 1. The second-order valence-electron chi connectivity index (χ2n) is 14.5. The third-order valence-electron chi connectivity index (χ3n) is 10.4. The van der Waals surface area contributed by atoms with Crippen LogP contribution in [-0.2, 0) is 29.1 Å². The number of hydrogen-bond donors (Lipinski definition) is 2. The van der Waals surface area contributed by atoms with E-state index in [9.17, 15) is 27.6 Å². The van der Waals surface area contributed by atoms with E-state index in [0.29, 0.717) is 123 Å². The minimum atomic E-state index is -4.01. The van der Waals surface area contributed by atoms with Gasteiger partial charge in [0.25, 0.3) is 27.1 Å². The molecule has 17 heteroatoms. The third-order valence-corrected chi connectivity index (χ3v) is 11.2. The van der Waals surface area contributed by atoms with Gasteiger partial charge < -0.3 is 24.3 Å². The number of amides is 1. The second kappa shape index (κ2) is 17.5. The summed E-state index contributed by atoms with van der Waals surface area (Å²) in [4.78, 5) is 64.3. The zero-order valence-electron chi connectivity index (χ0n) is 32.9. The molecular formula is C43H43N5O11S. The average Bonchev–Trinajstić information content (AvgIpc) is 3.82. The van der Waals surface area contributed by atoms with Gasteiger partial charge in [-0.25, -0.2) is 9.97 Å². The van der Waals surface area contributed by atoms with Crippen molar-refractivity contribution in [1.82, 2.24) is 24.1 Å². The van der Waals surface area contributed by atoms with Gasteiger partial charge in [-0.3, -0.25) is 32.5 Å². The van der Waals surface area contributed by atoms with Crippen molar-refractivity contribution in [3.63, 3.8) is 0 Å². The first kappa shape index (κ1) is 41.1. The molecule has 0 saturated heterocycles. The van der Waals surface area contributed by atoms with Gasteiger partial charge in [0.15, 0.2) is 5.78 Å². The molecule has 16 nitrogen and oxygen atoms in total. The van der Waals surface area contributed by atoms with Gasteiger partial charge in [-0.15, -0.1) is 0 Å². The van der Waals surface area contributed by atoms with E-state index in [2.05, 4.69) is 5.32 Å². The Bertz CT molecular complexity index is 3130. The number of carbonyl (C=O) groups excluding carboxylic acids is 2. The highest BCUT2D eigenvalue weighted by Gasteiger charge is 2.23. The van der Waals surface area contributed by atoms with Crippen LogP contribution in [0.25, 0.3) is 65.7 Å². The fourth-order valence-electron chi connectivity index (χ4n) is 7.66. The summed E-state index contributed by atoms with van der Waals surface area (Å²) in [6.07, 6.45) is 1.81. The highest BCUT2D eigenvalue weighted by molar-refractivity contribution is 7.85. The summed E-state index contributed by atoms with van der Waals surface area (Å²) < 4.78 is 55.1. The third kappa shape index (κ3) is 8.11. The Morgan fingerprint density at radius 3 is 1.72 bits per heavy atom. The fourth-order valence-corrected chi connectivity index (χ4v) is 8.15. The predicted octanol–water partition coefficient (Wildman–Crippen LogP) is 4.79. The van der Waals surface area contributed by atoms with Crippen LogP contribution in [0.15, 0.2) is 70.3 Å². The van der Waals surface area contributed by atoms with E-state index in [0.717, 1.165) is 6.42 Å². The Morgan fingerprint density at radius 1 is 0.650 bits per heavy atom. The van der Waals surface area contributed by atoms with Crippen molar-refractivity contribution < 1.29 is 41.5 Å². The Labute approximate surface area is 342 Å². The molecule has 1 amide bonds. The van der Waals surface area contributed by atoms with Crippen molar-refractivity contribution in [3.8, 4) is 0 Å². The number of ether oxygens (including phenoxy) is 4. The van der Waals surface area contributed by atoms with Crippen LogP contribution in [0.5, 0.6) is 0 Å². The minimum Gasteiger partial charge on any atom is -0.379 e. The zero-order valence-corrected chi connectivity index (χ0v) is 33.7. The lowest BCUT2D eigenvalue weighted by molar-refractivity contribution is 0.0464. The quantitative estimate of drug-likeness (QED) is 0.0433. The van der Waals surface area contributed by atoms with E-state index in [-0.39, 0.29) is 61.2 Å². The molecule has 0 radical (unpaired) electrons. The molecule has 0 bridgehead atoms. The van der Waals surface area contributed by atoms with Gasteiger partial charge in [0.1, 0.15) is 11.3 Å². The summed E-state index contributed by atoms with van der Waals surface area (Å²) in [6.45, 7) is 5.37. The van der Waals surface area contributed by atoms with Gasteiger partial charge in [0.05, 0.1) is 60.9 Å². The summed E-state index contributed by atoms with van der Waals surface area (Å²) in [5.74, 6) is -0.760. The maximum absolute atomic E-state index is 14.2. The maximum Gasteiger partial charge on any atom is 0.264 e. The van der Waals surface area contributed by atoms with E-state index < -0.39 is 10.1 Å². The number of Topliss-reactive ketones (excluding diaryl/α,β-unsaturated/α-hetero) is 1. The zero-order chi connectivity index (χ0) is 42.0. The van der Waals surface area contributed by atoms with Crippen LogP contribution in [0.3, 0.4) is 0 Å². The van der Waals surface area contributed by atoms with Crippen molar-refractivity contribution >= 4 is 87.5 Å². The minimum absolute atomic E-state index is 0.107. The standard InChI is InChI=1S/C43H43N5O11S/c1-2-15-56-19-22-59-18-14-44-41(50)27-7-13-35-33(25-27)46-40-29-9-11-30-37-28(8-10-31(38(29)37)43(52)48(35)40)39-45-32-24-26(6-12-34(32)47(39)42(30)51)36(49)5-3-16-57-20-21-58-17-4-23-60(53,54)55/h6-13,24-25H,2-5,14-23H2,1H3,(H,44,50)(H,53,54,55). The number of carbonyl (C=O) groups is 2. The highest BCUT2D eigenvalue weighted by atomic mass is 32.2. The molecule has 0 fully saturated rings. The van der Waals surface area contributed by atoms with E-state index >= 15 is 0 Å². The molecule has 60 heavy (non-hydrogen) atoms.